The third kappa shape index (κ3) is 13.0. The molecule has 23 heavy (non-hydrogen) atoms. The number of aliphatic hydroxyl groups is 3. The second kappa shape index (κ2) is 14.4. The molecule has 3 N–H and O–H groups in total. The predicted octanol–water partition coefficient (Wildman–Crippen LogP) is 4.07. The Morgan fingerprint density at radius 2 is 1.09 bits per heavy atom. The lowest BCUT2D eigenvalue weighted by Crippen LogP contribution is -1.92. The van der Waals surface area contributed by atoms with Gasteiger partial charge in [-0.2, -0.15) is 0 Å². The van der Waals surface area contributed by atoms with E-state index in [9.17, 15) is 0 Å². The predicted molar refractivity (Wildman–Crippen MR) is 98.3 cm³/mol. The molecule has 3 heteroatoms. The Bertz CT molecular complexity index is 428. The topological polar surface area (TPSA) is 60.7 Å². The first kappa shape index (κ1) is 21.8. The van der Waals surface area contributed by atoms with Crippen molar-refractivity contribution in [3.05, 3.63) is 46.6 Å². The molecule has 0 amide bonds. The van der Waals surface area contributed by atoms with Crippen molar-refractivity contribution in [3.8, 4) is 0 Å². The van der Waals surface area contributed by atoms with Crippen LogP contribution < -0.4 is 0 Å². The van der Waals surface area contributed by atoms with Gasteiger partial charge < -0.3 is 15.3 Å². The van der Waals surface area contributed by atoms with Gasteiger partial charge in [-0.1, -0.05) is 41.0 Å². The second-order valence-electron chi connectivity index (χ2n) is 6.13. The Morgan fingerprint density at radius 3 is 1.52 bits per heavy atom. The van der Waals surface area contributed by atoms with E-state index in [4.69, 9.17) is 15.3 Å². The van der Waals surface area contributed by atoms with Gasteiger partial charge in [-0.05, 0) is 64.9 Å². The maximum absolute atomic E-state index is 9.12. The summed E-state index contributed by atoms with van der Waals surface area (Å²) in [5, 5.41) is 26.9. The smallest absolute Gasteiger partial charge is 0.0642 e. The van der Waals surface area contributed by atoms with E-state index in [1.165, 1.54) is 11.1 Å². The zero-order chi connectivity index (χ0) is 17.5. The van der Waals surface area contributed by atoms with Crippen molar-refractivity contribution in [3.63, 3.8) is 0 Å². The summed E-state index contributed by atoms with van der Waals surface area (Å²) in [5.41, 5.74) is 4.70. The van der Waals surface area contributed by atoms with E-state index >= 15 is 0 Å². The summed E-state index contributed by atoms with van der Waals surface area (Å²) in [6.07, 6.45) is 14.2. The lowest BCUT2D eigenvalue weighted by molar-refractivity contribution is 0.315. The molecule has 0 saturated carbocycles. The molecule has 0 aromatic rings. The minimum Gasteiger partial charge on any atom is -0.392 e. The molecule has 0 aliphatic rings. The van der Waals surface area contributed by atoms with Crippen LogP contribution in [0, 0.1) is 0 Å². The quantitative estimate of drug-likeness (QED) is 0.475. The van der Waals surface area contributed by atoms with E-state index in [2.05, 4.69) is 32.1 Å². The summed E-state index contributed by atoms with van der Waals surface area (Å²) in [6.45, 7) is 6.43. The highest BCUT2D eigenvalue weighted by Gasteiger charge is 1.95. The van der Waals surface area contributed by atoms with Gasteiger partial charge in [-0.25, -0.2) is 0 Å². The third-order valence-corrected chi connectivity index (χ3v) is 3.85. The van der Waals surface area contributed by atoms with Crippen molar-refractivity contribution >= 4 is 0 Å². The van der Waals surface area contributed by atoms with E-state index in [1.54, 1.807) is 6.08 Å². The number of rotatable bonds is 12. The van der Waals surface area contributed by atoms with Gasteiger partial charge in [0.15, 0.2) is 0 Å². The van der Waals surface area contributed by atoms with Crippen LogP contribution in [0.25, 0.3) is 0 Å². The average Bonchev–Trinajstić information content (AvgIpc) is 2.53. The molecule has 0 fully saturated rings. The zero-order valence-corrected chi connectivity index (χ0v) is 15.0. The van der Waals surface area contributed by atoms with Crippen LogP contribution in [0.15, 0.2) is 46.6 Å². The van der Waals surface area contributed by atoms with Crippen molar-refractivity contribution in [2.45, 2.75) is 59.3 Å². The monoisotopic (exact) mass is 322 g/mol. The van der Waals surface area contributed by atoms with Gasteiger partial charge in [0, 0.05) is 0 Å². The Labute approximate surface area is 141 Å². The normalized spacial score (nSPS) is 14.5. The first-order valence-electron chi connectivity index (χ1n) is 8.50. The van der Waals surface area contributed by atoms with Crippen molar-refractivity contribution in [1.29, 1.82) is 0 Å². The number of aliphatic hydroxyl groups excluding tert-OH is 3. The lowest BCUT2D eigenvalue weighted by atomic mass is 10.0. The molecule has 0 saturated heterocycles. The second-order valence-corrected chi connectivity index (χ2v) is 6.13. The van der Waals surface area contributed by atoms with E-state index in [0.29, 0.717) is 0 Å². The molecular formula is C20H34O3. The van der Waals surface area contributed by atoms with Crippen LogP contribution in [-0.2, 0) is 0 Å². The third-order valence-electron chi connectivity index (χ3n) is 3.85. The van der Waals surface area contributed by atoms with Gasteiger partial charge >= 0.3 is 0 Å². The molecule has 0 heterocycles. The van der Waals surface area contributed by atoms with Crippen LogP contribution in [0.4, 0.5) is 0 Å². The number of allylic oxidation sites excluding steroid dienone is 5. The van der Waals surface area contributed by atoms with E-state index in [-0.39, 0.29) is 19.8 Å². The van der Waals surface area contributed by atoms with Crippen LogP contribution in [0.3, 0.4) is 0 Å². The molecule has 0 radical (unpaired) electrons. The van der Waals surface area contributed by atoms with Crippen molar-refractivity contribution < 1.29 is 15.3 Å². The van der Waals surface area contributed by atoms with Gasteiger partial charge in [0.25, 0.3) is 0 Å². The van der Waals surface area contributed by atoms with E-state index in [0.717, 1.165) is 49.7 Å². The molecule has 0 atom stereocenters. The molecule has 0 aromatic heterocycles. The molecule has 0 aliphatic heterocycles. The maximum atomic E-state index is 9.12. The number of hydrogen-bond acceptors (Lipinski definition) is 3. The van der Waals surface area contributed by atoms with Crippen molar-refractivity contribution in [2.75, 3.05) is 19.8 Å². The summed E-state index contributed by atoms with van der Waals surface area (Å²) < 4.78 is 0. The van der Waals surface area contributed by atoms with Gasteiger partial charge in [-0.15, -0.1) is 0 Å². The van der Waals surface area contributed by atoms with Gasteiger partial charge in [0.1, 0.15) is 0 Å². The molecule has 3 nitrogen and oxygen atoms in total. The Morgan fingerprint density at radius 1 is 0.609 bits per heavy atom. The molecule has 0 aromatic carbocycles. The largest absolute Gasteiger partial charge is 0.392 e. The average molecular weight is 322 g/mol. The SMILES string of the molecule is C/C(=C/CC/C(C)=C/CC/C(C)=C/CC/C(=C\CO)CO)CO. The van der Waals surface area contributed by atoms with E-state index in [1.807, 2.05) is 6.92 Å². The lowest BCUT2D eigenvalue weighted by Gasteiger charge is -2.03. The molecule has 0 unspecified atom stereocenters. The highest BCUT2D eigenvalue weighted by atomic mass is 16.3. The Balaban J connectivity index is 4.03. The molecule has 0 spiro atoms. The highest BCUT2D eigenvalue weighted by Crippen LogP contribution is 2.13. The van der Waals surface area contributed by atoms with Crippen LogP contribution in [0.1, 0.15) is 59.3 Å². The van der Waals surface area contributed by atoms with Crippen LogP contribution >= 0.6 is 0 Å². The van der Waals surface area contributed by atoms with Crippen molar-refractivity contribution in [1.82, 2.24) is 0 Å². The summed E-state index contributed by atoms with van der Waals surface area (Å²) in [7, 11) is 0. The Kier molecular flexibility index (Phi) is 13.7. The van der Waals surface area contributed by atoms with E-state index < -0.39 is 0 Å². The summed E-state index contributed by atoms with van der Waals surface area (Å²) in [4.78, 5) is 0. The standard InChI is InChI=1S/C20H34O3/c1-17(9-5-11-19(3)15-22)7-4-8-18(2)10-6-12-20(16-23)13-14-21/h7,10-11,13,21-23H,4-6,8-9,12,14-16H2,1-3H3/b17-7+,18-10+,19-11-,20-13+. The van der Waals surface area contributed by atoms with Gasteiger partial charge in [-0.3, -0.25) is 0 Å². The summed E-state index contributed by atoms with van der Waals surface area (Å²) in [6, 6.07) is 0. The van der Waals surface area contributed by atoms with Gasteiger partial charge in [0.05, 0.1) is 19.8 Å². The molecular weight excluding hydrogens is 288 g/mol. The highest BCUT2D eigenvalue weighted by molar-refractivity contribution is 5.08. The fourth-order valence-corrected chi connectivity index (χ4v) is 2.24. The van der Waals surface area contributed by atoms with Gasteiger partial charge in [0.2, 0.25) is 0 Å². The first-order chi connectivity index (χ1) is 11.0. The minimum atomic E-state index is -0.00429. The molecule has 0 rings (SSSR count). The summed E-state index contributed by atoms with van der Waals surface area (Å²) in [5.74, 6) is 0. The zero-order valence-electron chi connectivity index (χ0n) is 15.0. The molecule has 0 bridgehead atoms. The minimum absolute atomic E-state index is 0.00429. The van der Waals surface area contributed by atoms with Crippen LogP contribution in [-0.4, -0.2) is 35.1 Å². The fraction of sp³-hybridized carbons (Fsp3) is 0.600. The molecule has 0 aliphatic carbocycles. The molecule has 132 valence electrons. The fourth-order valence-electron chi connectivity index (χ4n) is 2.24. The first-order valence-corrected chi connectivity index (χ1v) is 8.50. The Hall–Kier alpha value is -1.16. The number of hydrogen-bond donors (Lipinski definition) is 3. The maximum Gasteiger partial charge on any atom is 0.0642 e. The van der Waals surface area contributed by atoms with Crippen molar-refractivity contribution in [2.24, 2.45) is 0 Å². The van der Waals surface area contributed by atoms with Crippen LogP contribution in [0.2, 0.25) is 0 Å². The summed E-state index contributed by atoms with van der Waals surface area (Å²) >= 11 is 0. The van der Waals surface area contributed by atoms with Crippen LogP contribution in [0.5, 0.6) is 0 Å².